The Labute approximate surface area is 106 Å². The smallest absolute Gasteiger partial charge is 0.166 e. The highest BCUT2D eigenvalue weighted by Gasteiger charge is 2.38. The van der Waals surface area contributed by atoms with Crippen LogP contribution in [-0.4, -0.2) is 19.4 Å². The Bertz CT molecular complexity index is 450. The fraction of sp³-hybridized carbons (Fsp3) is 0.500. The zero-order valence-electron chi connectivity index (χ0n) is 10.5. The number of carbonyl (C=O) groups is 1. The molecule has 2 rings (SSSR count). The van der Waals surface area contributed by atoms with Crippen molar-refractivity contribution in [3.63, 3.8) is 0 Å². The van der Waals surface area contributed by atoms with Gasteiger partial charge in [0.05, 0.1) is 12.7 Å². The van der Waals surface area contributed by atoms with Crippen molar-refractivity contribution in [3.05, 3.63) is 29.6 Å². The van der Waals surface area contributed by atoms with Crippen LogP contribution in [0.4, 0.5) is 4.39 Å². The first-order valence-electron chi connectivity index (χ1n) is 6.17. The third kappa shape index (κ3) is 2.38. The minimum absolute atomic E-state index is 0.0938. The second-order valence-corrected chi connectivity index (χ2v) is 5.00. The van der Waals surface area contributed by atoms with Gasteiger partial charge in [-0.1, -0.05) is 6.42 Å². The van der Waals surface area contributed by atoms with E-state index in [9.17, 15) is 9.18 Å². The monoisotopic (exact) mass is 251 g/mol. The molecule has 0 amide bonds. The SMILES string of the molecule is COc1ccc(C(=O)CC2(CN)CCC2)c(F)c1. The molecule has 0 radical (unpaired) electrons. The molecular formula is C14H18FNO2. The lowest BCUT2D eigenvalue weighted by Gasteiger charge is -2.40. The highest BCUT2D eigenvalue weighted by molar-refractivity contribution is 5.97. The number of Topliss-reactive ketones (excluding diaryl/α,β-unsaturated/α-hetero) is 1. The lowest BCUT2D eigenvalue weighted by molar-refractivity contribution is 0.0782. The molecule has 0 heterocycles. The van der Waals surface area contributed by atoms with E-state index >= 15 is 0 Å². The molecule has 0 saturated heterocycles. The predicted octanol–water partition coefficient (Wildman–Crippen LogP) is 2.54. The third-order valence-corrected chi connectivity index (χ3v) is 3.86. The van der Waals surface area contributed by atoms with Crippen LogP contribution in [0.5, 0.6) is 5.75 Å². The first-order valence-corrected chi connectivity index (χ1v) is 6.17. The Kier molecular flexibility index (Phi) is 3.66. The van der Waals surface area contributed by atoms with E-state index in [1.807, 2.05) is 0 Å². The second-order valence-electron chi connectivity index (χ2n) is 5.00. The van der Waals surface area contributed by atoms with Gasteiger partial charge in [0.15, 0.2) is 5.78 Å². The fourth-order valence-electron chi connectivity index (χ4n) is 2.41. The molecule has 4 heteroatoms. The Morgan fingerprint density at radius 3 is 2.67 bits per heavy atom. The van der Waals surface area contributed by atoms with Crippen LogP contribution in [0, 0.1) is 11.2 Å². The first kappa shape index (κ1) is 13.0. The second kappa shape index (κ2) is 5.06. The molecule has 2 N–H and O–H groups in total. The Hall–Kier alpha value is -1.42. The summed E-state index contributed by atoms with van der Waals surface area (Å²) in [5, 5.41) is 0. The molecule has 1 saturated carbocycles. The van der Waals surface area contributed by atoms with Gasteiger partial charge < -0.3 is 10.5 Å². The molecule has 1 aromatic rings. The molecule has 0 atom stereocenters. The number of ketones is 1. The average Bonchev–Trinajstić information content (AvgIpc) is 2.33. The van der Waals surface area contributed by atoms with Crippen LogP contribution >= 0.6 is 0 Å². The van der Waals surface area contributed by atoms with Crippen LogP contribution < -0.4 is 10.5 Å². The molecule has 0 unspecified atom stereocenters. The normalized spacial score (nSPS) is 17.1. The van der Waals surface area contributed by atoms with E-state index in [1.165, 1.54) is 19.2 Å². The molecule has 98 valence electrons. The number of ether oxygens (including phenoxy) is 1. The highest BCUT2D eigenvalue weighted by atomic mass is 19.1. The van der Waals surface area contributed by atoms with Gasteiger partial charge in [-0.3, -0.25) is 4.79 Å². The summed E-state index contributed by atoms with van der Waals surface area (Å²) >= 11 is 0. The summed E-state index contributed by atoms with van der Waals surface area (Å²) in [6.45, 7) is 0.497. The van der Waals surface area contributed by atoms with Crippen molar-refractivity contribution in [2.24, 2.45) is 11.1 Å². The summed E-state index contributed by atoms with van der Waals surface area (Å²) in [4.78, 5) is 12.1. The predicted molar refractivity (Wildman–Crippen MR) is 67.2 cm³/mol. The van der Waals surface area contributed by atoms with Crippen LogP contribution in [0.15, 0.2) is 18.2 Å². The van der Waals surface area contributed by atoms with Crippen LogP contribution in [0.3, 0.4) is 0 Å². The summed E-state index contributed by atoms with van der Waals surface area (Å²) in [5.41, 5.74) is 5.75. The van der Waals surface area contributed by atoms with E-state index in [0.717, 1.165) is 19.3 Å². The van der Waals surface area contributed by atoms with E-state index < -0.39 is 5.82 Å². The van der Waals surface area contributed by atoms with Crippen molar-refractivity contribution in [1.29, 1.82) is 0 Å². The topological polar surface area (TPSA) is 52.3 Å². The summed E-state index contributed by atoms with van der Waals surface area (Å²) < 4.78 is 18.7. The van der Waals surface area contributed by atoms with Crippen molar-refractivity contribution in [3.8, 4) is 5.75 Å². The van der Waals surface area contributed by atoms with Crippen LogP contribution in [-0.2, 0) is 0 Å². The van der Waals surface area contributed by atoms with Gasteiger partial charge in [-0.2, -0.15) is 0 Å². The summed E-state index contributed by atoms with van der Waals surface area (Å²) in [6.07, 6.45) is 3.38. The van der Waals surface area contributed by atoms with Crippen molar-refractivity contribution in [1.82, 2.24) is 0 Å². The van der Waals surface area contributed by atoms with E-state index in [4.69, 9.17) is 10.5 Å². The van der Waals surface area contributed by atoms with Gasteiger partial charge in [-0.05, 0) is 36.9 Å². The molecular weight excluding hydrogens is 233 g/mol. The van der Waals surface area contributed by atoms with Gasteiger partial charge in [0.2, 0.25) is 0 Å². The van der Waals surface area contributed by atoms with Gasteiger partial charge >= 0.3 is 0 Å². The maximum Gasteiger partial charge on any atom is 0.166 e. The van der Waals surface area contributed by atoms with Crippen LogP contribution in [0.2, 0.25) is 0 Å². The first-order chi connectivity index (χ1) is 8.60. The molecule has 1 aliphatic carbocycles. The Morgan fingerprint density at radius 1 is 1.50 bits per heavy atom. The standard InChI is InChI=1S/C14H18FNO2/c1-18-10-3-4-11(12(15)7-10)13(17)8-14(9-16)5-2-6-14/h3-4,7H,2,5-6,8-9,16H2,1H3. The molecule has 0 aromatic heterocycles. The summed E-state index contributed by atoms with van der Waals surface area (Å²) in [7, 11) is 1.47. The van der Waals surface area contributed by atoms with E-state index in [1.54, 1.807) is 6.07 Å². The molecule has 1 fully saturated rings. The molecule has 18 heavy (non-hydrogen) atoms. The third-order valence-electron chi connectivity index (χ3n) is 3.86. The van der Waals surface area contributed by atoms with E-state index in [2.05, 4.69) is 0 Å². The maximum atomic E-state index is 13.8. The number of benzene rings is 1. The number of hydrogen-bond donors (Lipinski definition) is 1. The molecule has 3 nitrogen and oxygen atoms in total. The highest BCUT2D eigenvalue weighted by Crippen LogP contribution is 2.43. The van der Waals surface area contributed by atoms with Gasteiger partial charge in [-0.15, -0.1) is 0 Å². The number of rotatable bonds is 5. The van der Waals surface area contributed by atoms with Gasteiger partial charge in [0, 0.05) is 12.5 Å². The number of halogens is 1. The summed E-state index contributed by atoms with van der Waals surface area (Å²) in [6, 6.07) is 4.33. The van der Waals surface area contributed by atoms with Crippen LogP contribution in [0.1, 0.15) is 36.0 Å². The van der Waals surface area contributed by atoms with Gasteiger partial charge in [0.25, 0.3) is 0 Å². The number of nitrogens with two attached hydrogens (primary N) is 1. The van der Waals surface area contributed by atoms with E-state index in [-0.39, 0.29) is 16.8 Å². The Morgan fingerprint density at radius 2 is 2.22 bits per heavy atom. The lowest BCUT2D eigenvalue weighted by Crippen LogP contribution is -2.39. The average molecular weight is 251 g/mol. The minimum Gasteiger partial charge on any atom is -0.497 e. The van der Waals surface area contributed by atoms with Gasteiger partial charge in [0.1, 0.15) is 11.6 Å². The lowest BCUT2D eigenvalue weighted by atomic mass is 9.65. The quantitative estimate of drug-likeness (QED) is 0.818. The fourth-order valence-corrected chi connectivity index (χ4v) is 2.41. The number of methoxy groups -OCH3 is 1. The van der Waals surface area contributed by atoms with E-state index in [0.29, 0.717) is 18.7 Å². The number of hydrogen-bond acceptors (Lipinski definition) is 3. The summed E-state index contributed by atoms with van der Waals surface area (Å²) in [5.74, 6) is -0.271. The molecule has 0 bridgehead atoms. The van der Waals surface area contributed by atoms with Gasteiger partial charge in [-0.25, -0.2) is 4.39 Å². The van der Waals surface area contributed by atoms with Crippen molar-refractivity contribution in [2.75, 3.05) is 13.7 Å². The minimum atomic E-state index is -0.522. The van der Waals surface area contributed by atoms with Crippen molar-refractivity contribution < 1.29 is 13.9 Å². The van der Waals surface area contributed by atoms with Crippen LogP contribution in [0.25, 0.3) is 0 Å². The molecule has 1 aromatic carbocycles. The maximum absolute atomic E-state index is 13.8. The zero-order chi connectivity index (χ0) is 13.2. The number of carbonyl (C=O) groups excluding carboxylic acids is 1. The molecule has 1 aliphatic rings. The Balaban J connectivity index is 2.14. The largest absolute Gasteiger partial charge is 0.497 e. The molecule has 0 aliphatic heterocycles. The van der Waals surface area contributed by atoms with Crippen molar-refractivity contribution in [2.45, 2.75) is 25.7 Å². The van der Waals surface area contributed by atoms with Crippen molar-refractivity contribution >= 4 is 5.78 Å². The molecule has 0 spiro atoms. The zero-order valence-corrected chi connectivity index (χ0v) is 10.5.